The number of phenolic OH excluding ortho intramolecular Hbond substituents is 1. The molecule has 0 spiro atoms. The summed E-state index contributed by atoms with van der Waals surface area (Å²) in [6.07, 6.45) is -0.578. The summed E-state index contributed by atoms with van der Waals surface area (Å²) in [6, 6.07) is 6.80. The lowest BCUT2D eigenvalue weighted by Gasteiger charge is -2.26. The number of carbonyl (C=O) groups excluding carboxylic acids is 2. The van der Waals surface area contributed by atoms with Gasteiger partial charge in [0.1, 0.15) is 17.2 Å². The van der Waals surface area contributed by atoms with Crippen molar-refractivity contribution in [2.45, 2.75) is 44.6 Å². The number of nitrogens with zero attached hydrogens (tertiary/aromatic N) is 1. The van der Waals surface area contributed by atoms with Gasteiger partial charge < -0.3 is 15.2 Å². The molecule has 0 aliphatic rings. The quantitative estimate of drug-likeness (QED) is 0.356. The van der Waals surface area contributed by atoms with Crippen molar-refractivity contribution in [3.63, 3.8) is 0 Å². The number of rotatable bonds is 8. The smallest absolute Gasteiger partial charge is 0.412 e. The predicted octanol–water partition coefficient (Wildman–Crippen LogP) is 4.25. The summed E-state index contributed by atoms with van der Waals surface area (Å²) in [5.41, 5.74) is -0.733. The van der Waals surface area contributed by atoms with Crippen molar-refractivity contribution in [3.8, 4) is 5.75 Å². The van der Waals surface area contributed by atoms with Gasteiger partial charge in [0.2, 0.25) is 5.91 Å². The van der Waals surface area contributed by atoms with E-state index in [1.54, 1.807) is 20.8 Å². The predicted molar refractivity (Wildman–Crippen MR) is 127 cm³/mol. The van der Waals surface area contributed by atoms with Crippen molar-refractivity contribution >= 4 is 45.0 Å². The first-order chi connectivity index (χ1) is 15.7. The maximum absolute atomic E-state index is 13.6. The number of nitrogens with one attached hydrogen (secondary N) is 2. The van der Waals surface area contributed by atoms with Gasteiger partial charge in [0.05, 0.1) is 15.6 Å². The highest BCUT2D eigenvalue weighted by molar-refractivity contribution is 7.92. The molecular formula is C22H27ClFN3O6S. The van der Waals surface area contributed by atoms with Crippen LogP contribution in [0.4, 0.5) is 20.6 Å². The summed E-state index contributed by atoms with van der Waals surface area (Å²) in [4.78, 5) is 23.0. The highest BCUT2D eigenvalue weighted by Gasteiger charge is 2.28. The van der Waals surface area contributed by atoms with Gasteiger partial charge in [-0.15, -0.1) is 0 Å². The molecular weight excluding hydrogens is 489 g/mol. The summed E-state index contributed by atoms with van der Waals surface area (Å²) in [5, 5.41) is 15.1. The number of amides is 2. The molecule has 0 saturated carbocycles. The second kappa shape index (κ2) is 10.9. The monoisotopic (exact) mass is 515 g/mol. The number of halogens is 2. The summed E-state index contributed by atoms with van der Waals surface area (Å²) >= 11 is 5.78. The van der Waals surface area contributed by atoms with E-state index in [9.17, 15) is 27.5 Å². The van der Waals surface area contributed by atoms with Crippen LogP contribution in [0.3, 0.4) is 0 Å². The van der Waals surface area contributed by atoms with Gasteiger partial charge in [-0.1, -0.05) is 11.6 Å². The molecule has 0 radical (unpaired) electrons. The molecule has 2 aromatic carbocycles. The lowest BCUT2D eigenvalue weighted by atomic mass is 10.2. The zero-order valence-corrected chi connectivity index (χ0v) is 20.8. The number of anilines is 2. The number of aromatic hydroxyl groups is 1. The normalized spacial score (nSPS) is 11.6. The number of sulfonamides is 1. The number of benzene rings is 2. The Morgan fingerprint density at radius 2 is 1.85 bits per heavy atom. The molecule has 3 N–H and O–H groups in total. The van der Waals surface area contributed by atoms with Crippen LogP contribution in [0.5, 0.6) is 5.75 Å². The molecule has 186 valence electrons. The Bertz CT molecular complexity index is 1170. The van der Waals surface area contributed by atoms with Crippen molar-refractivity contribution in [1.82, 2.24) is 5.32 Å². The van der Waals surface area contributed by atoms with E-state index in [0.717, 1.165) is 22.5 Å². The Labute approximate surface area is 202 Å². The molecule has 9 nitrogen and oxygen atoms in total. The molecule has 0 unspecified atom stereocenters. The van der Waals surface area contributed by atoms with E-state index in [1.807, 2.05) is 0 Å². The highest BCUT2D eigenvalue weighted by atomic mass is 35.5. The topological polar surface area (TPSA) is 125 Å². The lowest BCUT2D eigenvalue weighted by Crippen LogP contribution is -2.34. The van der Waals surface area contributed by atoms with Crippen LogP contribution in [0.25, 0.3) is 0 Å². The molecule has 0 atom stereocenters. The van der Waals surface area contributed by atoms with E-state index < -0.39 is 27.5 Å². The molecule has 0 bridgehead atoms. The van der Waals surface area contributed by atoms with Crippen LogP contribution in [-0.2, 0) is 19.6 Å². The first-order valence-electron chi connectivity index (χ1n) is 10.3. The molecule has 2 aromatic rings. The van der Waals surface area contributed by atoms with E-state index in [1.165, 1.54) is 25.1 Å². The van der Waals surface area contributed by atoms with Gasteiger partial charge in [-0.25, -0.2) is 17.6 Å². The van der Waals surface area contributed by atoms with E-state index in [-0.39, 0.29) is 52.5 Å². The third-order valence-corrected chi connectivity index (χ3v) is 6.38. The molecule has 0 saturated heterocycles. The largest absolute Gasteiger partial charge is 0.506 e. The molecule has 0 heterocycles. The number of ether oxygens (including phenoxy) is 1. The van der Waals surface area contributed by atoms with Gasteiger partial charge in [0.25, 0.3) is 10.0 Å². The van der Waals surface area contributed by atoms with Gasteiger partial charge in [-0.05, 0) is 63.6 Å². The fourth-order valence-electron chi connectivity index (χ4n) is 2.84. The van der Waals surface area contributed by atoms with Gasteiger partial charge in [-0.2, -0.15) is 0 Å². The molecule has 12 heteroatoms. The van der Waals surface area contributed by atoms with Crippen LogP contribution in [0.2, 0.25) is 5.02 Å². The SMILES string of the molecule is CC(=O)NCCCN(c1cc(NC(=O)OC(C)(C)C)ccc1O)S(=O)(=O)c1ccc(F)c(Cl)c1. The third kappa shape index (κ3) is 7.49. The number of phenols is 1. The van der Waals surface area contributed by atoms with Gasteiger partial charge in [0, 0.05) is 25.7 Å². The Kier molecular flexibility index (Phi) is 8.73. The average molecular weight is 516 g/mol. The van der Waals surface area contributed by atoms with Crippen molar-refractivity contribution in [2.24, 2.45) is 0 Å². The summed E-state index contributed by atoms with van der Waals surface area (Å²) in [5.74, 6) is -1.46. The van der Waals surface area contributed by atoms with E-state index in [0.29, 0.717) is 0 Å². The first-order valence-corrected chi connectivity index (χ1v) is 12.1. The van der Waals surface area contributed by atoms with Crippen molar-refractivity contribution in [2.75, 3.05) is 22.7 Å². The fraction of sp³-hybridized carbons (Fsp3) is 0.364. The Morgan fingerprint density at radius 1 is 1.18 bits per heavy atom. The number of carbonyl (C=O) groups is 2. The van der Waals surface area contributed by atoms with Crippen LogP contribution in [0.15, 0.2) is 41.3 Å². The molecule has 0 fully saturated rings. The Hall–Kier alpha value is -3.05. The Balaban J connectivity index is 2.46. The third-order valence-electron chi connectivity index (χ3n) is 4.28. The minimum Gasteiger partial charge on any atom is -0.506 e. The zero-order chi connectivity index (χ0) is 25.7. The molecule has 34 heavy (non-hydrogen) atoms. The fourth-order valence-corrected chi connectivity index (χ4v) is 4.63. The van der Waals surface area contributed by atoms with Crippen molar-refractivity contribution in [3.05, 3.63) is 47.2 Å². The molecule has 2 rings (SSSR count). The van der Waals surface area contributed by atoms with Gasteiger partial charge in [-0.3, -0.25) is 14.4 Å². The molecule has 2 amide bonds. The first kappa shape index (κ1) is 27.2. The van der Waals surface area contributed by atoms with Crippen LogP contribution >= 0.6 is 11.6 Å². The second-order valence-corrected chi connectivity index (χ2v) is 10.6. The highest BCUT2D eigenvalue weighted by Crippen LogP contribution is 2.35. The zero-order valence-electron chi connectivity index (χ0n) is 19.2. The second-order valence-electron chi connectivity index (χ2n) is 8.32. The maximum atomic E-state index is 13.6. The van der Waals surface area contributed by atoms with E-state index >= 15 is 0 Å². The van der Waals surface area contributed by atoms with Gasteiger partial charge >= 0.3 is 6.09 Å². The Morgan fingerprint density at radius 3 is 2.44 bits per heavy atom. The summed E-state index contributed by atoms with van der Waals surface area (Å²) in [6.45, 7) is 6.40. The lowest BCUT2D eigenvalue weighted by molar-refractivity contribution is -0.118. The molecule has 0 aromatic heterocycles. The number of hydrogen-bond acceptors (Lipinski definition) is 6. The van der Waals surface area contributed by atoms with Crippen molar-refractivity contribution in [1.29, 1.82) is 0 Å². The average Bonchev–Trinajstić information content (AvgIpc) is 2.70. The van der Waals surface area contributed by atoms with Crippen LogP contribution in [-0.4, -0.2) is 44.2 Å². The van der Waals surface area contributed by atoms with Crippen molar-refractivity contribution < 1.29 is 32.2 Å². The van der Waals surface area contributed by atoms with E-state index in [4.69, 9.17) is 16.3 Å². The van der Waals surface area contributed by atoms with Crippen LogP contribution < -0.4 is 14.9 Å². The van der Waals surface area contributed by atoms with E-state index in [2.05, 4.69) is 10.6 Å². The maximum Gasteiger partial charge on any atom is 0.412 e. The van der Waals surface area contributed by atoms with Crippen LogP contribution in [0, 0.1) is 5.82 Å². The summed E-state index contributed by atoms with van der Waals surface area (Å²) in [7, 11) is -4.33. The van der Waals surface area contributed by atoms with Crippen LogP contribution in [0.1, 0.15) is 34.1 Å². The minimum absolute atomic E-state index is 0.142. The minimum atomic E-state index is -4.33. The molecule has 0 aliphatic carbocycles. The summed E-state index contributed by atoms with van der Waals surface area (Å²) < 4.78 is 46.6. The molecule has 0 aliphatic heterocycles. The number of hydrogen-bond donors (Lipinski definition) is 3. The standard InChI is InChI=1S/C22H27ClFN3O6S/c1-14(28)25-10-5-11-27(34(31,32)16-7-8-18(24)17(23)13-16)19-12-15(6-9-20(19)29)26-21(30)33-22(2,3)4/h6-9,12-13,29H,5,10-11H2,1-4H3,(H,25,28)(H,26,30). The van der Waals surface area contributed by atoms with Gasteiger partial charge in [0.15, 0.2) is 0 Å².